The molecule has 1 fully saturated rings. The Bertz CT molecular complexity index is 374. The molecule has 0 aliphatic carbocycles. The van der Waals surface area contributed by atoms with Crippen molar-refractivity contribution < 1.29 is 15.0 Å². The van der Waals surface area contributed by atoms with Gasteiger partial charge in [0.1, 0.15) is 0 Å². The van der Waals surface area contributed by atoms with Gasteiger partial charge in [-0.05, 0) is 37.1 Å². The summed E-state index contributed by atoms with van der Waals surface area (Å²) in [4.78, 5) is 12.8. The minimum absolute atomic E-state index is 0.270. The molecule has 2 rings (SSSR count). The molecule has 1 aliphatic rings. The summed E-state index contributed by atoms with van der Waals surface area (Å²) in [6.45, 7) is 1.55. The van der Waals surface area contributed by atoms with E-state index in [-0.39, 0.29) is 6.10 Å². The van der Waals surface area contributed by atoms with Gasteiger partial charge in [0.05, 0.1) is 11.7 Å². The van der Waals surface area contributed by atoms with Crippen LogP contribution in [-0.2, 0) is 0 Å². The van der Waals surface area contributed by atoms with E-state index in [0.29, 0.717) is 12.1 Å². The molecule has 4 heteroatoms. The molecule has 1 aromatic carbocycles. The molecule has 0 saturated carbocycles. The Balaban J connectivity index is 2.11. The average Bonchev–Trinajstić information content (AvgIpc) is 2.29. The maximum Gasteiger partial charge on any atom is 0.335 e. The first-order valence-corrected chi connectivity index (χ1v) is 5.43. The van der Waals surface area contributed by atoms with Crippen molar-refractivity contribution in [2.45, 2.75) is 18.9 Å². The molecule has 86 valence electrons. The van der Waals surface area contributed by atoms with Crippen molar-refractivity contribution in [1.29, 1.82) is 0 Å². The number of anilines is 1. The molecule has 0 radical (unpaired) electrons. The standard InChI is InChI=1S/C12H15NO3/c14-11-2-1-7-13(8-11)10-5-3-9(4-6-10)12(15)16/h3-6,11,14H,1-2,7-8H2,(H,15,16)/t11-/m1/s1. The van der Waals surface area contributed by atoms with E-state index in [4.69, 9.17) is 5.11 Å². The van der Waals surface area contributed by atoms with Crippen LogP contribution in [0.3, 0.4) is 0 Å². The van der Waals surface area contributed by atoms with Crippen molar-refractivity contribution in [3.8, 4) is 0 Å². The third kappa shape index (κ3) is 2.33. The van der Waals surface area contributed by atoms with Crippen molar-refractivity contribution in [1.82, 2.24) is 0 Å². The van der Waals surface area contributed by atoms with Gasteiger partial charge in [-0.2, -0.15) is 0 Å². The Kier molecular flexibility index (Phi) is 3.10. The molecule has 0 spiro atoms. The number of β-amino-alcohol motifs (C(OH)–C–C–N with tert-alkyl or cyclic N) is 1. The van der Waals surface area contributed by atoms with Crippen LogP contribution in [0.25, 0.3) is 0 Å². The predicted molar refractivity (Wildman–Crippen MR) is 60.9 cm³/mol. The number of piperidine rings is 1. The number of aliphatic hydroxyl groups excluding tert-OH is 1. The van der Waals surface area contributed by atoms with E-state index in [1.807, 2.05) is 0 Å². The van der Waals surface area contributed by atoms with Crippen LogP contribution in [0.4, 0.5) is 5.69 Å². The van der Waals surface area contributed by atoms with Gasteiger partial charge in [-0.1, -0.05) is 0 Å². The van der Waals surface area contributed by atoms with E-state index in [9.17, 15) is 9.90 Å². The summed E-state index contributed by atoms with van der Waals surface area (Å²) in [6, 6.07) is 6.78. The van der Waals surface area contributed by atoms with Crippen molar-refractivity contribution in [3.05, 3.63) is 29.8 Å². The van der Waals surface area contributed by atoms with E-state index in [1.54, 1.807) is 24.3 Å². The van der Waals surface area contributed by atoms with Crippen LogP contribution in [-0.4, -0.2) is 35.4 Å². The normalized spacial score (nSPS) is 20.8. The van der Waals surface area contributed by atoms with E-state index in [0.717, 1.165) is 25.1 Å². The lowest BCUT2D eigenvalue weighted by Crippen LogP contribution is -2.38. The lowest BCUT2D eigenvalue weighted by atomic mass is 10.1. The zero-order valence-electron chi connectivity index (χ0n) is 8.97. The van der Waals surface area contributed by atoms with Crippen LogP contribution >= 0.6 is 0 Å². The van der Waals surface area contributed by atoms with Gasteiger partial charge in [-0.3, -0.25) is 0 Å². The summed E-state index contributed by atoms with van der Waals surface area (Å²) in [6.07, 6.45) is 1.55. The minimum Gasteiger partial charge on any atom is -0.478 e. The van der Waals surface area contributed by atoms with Crippen LogP contribution < -0.4 is 4.90 Å². The first-order valence-electron chi connectivity index (χ1n) is 5.43. The highest BCUT2D eigenvalue weighted by molar-refractivity contribution is 5.88. The number of carboxylic acids is 1. The first kappa shape index (κ1) is 11.0. The number of carbonyl (C=O) groups is 1. The van der Waals surface area contributed by atoms with Crippen LogP contribution in [0.5, 0.6) is 0 Å². The lowest BCUT2D eigenvalue weighted by Gasteiger charge is -2.32. The minimum atomic E-state index is -0.912. The fraction of sp³-hybridized carbons (Fsp3) is 0.417. The Morgan fingerprint density at radius 2 is 2.00 bits per heavy atom. The highest BCUT2D eigenvalue weighted by atomic mass is 16.4. The second-order valence-electron chi connectivity index (χ2n) is 4.09. The smallest absolute Gasteiger partial charge is 0.335 e. The Labute approximate surface area is 94.1 Å². The fourth-order valence-corrected chi connectivity index (χ4v) is 2.00. The van der Waals surface area contributed by atoms with Crippen LogP contribution in [0.15, 0.2) is 24.3 Å². The van der Waals surface area contributed by atoms with Gasteiger partial charge >= 0.3 is 5.97 Å². The van der Waals surface area contributed by atoms with Crippen molar-refractivity contribution in [2.24, 2.45) is 0 Å². The fourth-order valence-electron chi connectivity index (χ4n) is 2.00. The molecule has 1 aromatic rings. The summed E-state index contributed by atoms with van der Waals surface area (Å²) in [5.74, 6) is -0.912. The van der Waals surface area contributed by atoms with E-state index >= 15 is 0 Å². The Morgan fingerprint density at radius 3 is 2.56 bits per heavy atom. The van der Waals surface area contributed by atoms with Gasteiger partial charge in [0, 0.05) is 18.8 Å². The summed E-state index contributed by atoms with van der Waals surface area (Å²) < 4.78 is 0. The van der Waals surface area contributed by atoms with E-state index in [2.05, 4.69) is 4.90 Å². The number of benzene rings is 1. The third-order valence-corrected chi connectivity index (χ3v) is 2.88. The molecule has 1 aliphatic heterocycles. The topological polar surface area (TPSA) is 60.8 Å². The molecule has 2 N–H and O–H groups in total. The van der Waals surface area contributed by atoms with Gasteiger partial charge in [-0.25, -0.2) is 4.79 Å². The molecule has 0 amide bonds. The van der Waals surface area contributed by atoms with Crippen LogP contribution in [0.1, 0.15) is 23.2 Å². The van der Waals surface area contributed by atoms with Gasteiger partial charge in [0.2, 0.25) is 0 Å². The Morgan fingerprint density at radius 1 is 1.31 bits per heavy atom. The summed E-state index contributed by atoms with van der Waals surface area (Å²) in [5.41, 5.74) is 1.27. The van der Waals surface area contributed by atoms with Crippen molar-refractivity contribution >= 4 is 11.7 Å². The number of hydrogen-bond acceptors (Lipinski definition) is 3. The van der Waals surface area contributed by atoms with Crippen LogP contribution in [0.2, 0.25) is 0 Å². The maximum absolute atomic E-state index is 10.7. The lowest BCUT2D eigenvalue weighted by molar-refractivity contribution is 0.0697. The van der Waals surface area contributed by atoms with Crippen LogP contribution in [0, 0.1) is 0 Å². The van der Waals surface area contributed by atoms with Gasteiger partial charge in [0.15, 0.2) is 0 Å². The molecule has 1 saturated heterocycles. The highest BCUT2D eigenvalue weighted by Crippen LogP contribution is 2.20. The summed E-state index contributed by atoms with van der Waals surface area (Å²) in [5, 5.41) is 18.3. The van der Waals surface area contributed by atoms with Gasteiger partial charge < -0.3 is 15.1 Å². The molecule has 0 aromatic heterocycles. The molecule has 1 heterocycles. The molecule has 16 heavy (non-hydrogen) atoms. The zero-order chi connectivity index (χ0) is 11.5. The summed E-state index contributed by atoms with van der Waals surface area (Å²) >= 11 is 0. The average molecular weight is 221 g/mol. The second-order valence-corrected chi connectivity index (χ2v) is 4.09. The SMILES string of the molecule is O=C(O)c1ccc(N2CCC[C@@H](O)C2)cc1. The number of hydrogen-bond donors (Lipinski definition) is 2. The van der Waals surface area contributed by atoms with Gasteiger partial charge in [-0.15, -0.1) is 0 Å². The summed E-state index contributed by atoms with van der Waals surface area (Å²) in [7, 11) is 0. The quantitative estimate of drug-likeness (QED) is 0.791. The second kappa shape index (κ2) is 4.53. The Hall–Kier alpha value is -1.55. The number of aliphatic hydroxyl groups is 1. The monoisotopic (exact) mass is 221 g/mol. The number of nitrogens with zero attached hydrogens (tertiary/aromatic N) is 1. The molecular weight excluding hydrogens is 206 g/mol. The molecule has 0 bridgehead atoms. The number of aromatic carboxylic acids is 1. The van der Waals surface area contributed by atoms with Crippen molar-refractivity contribution in [3.63, 3.8) is 0 Å². The van der Waals surface area contributed by atoms with Gasteiger partial charge in [0.25, 0.3) is 0 Å². The number of carboxylic acid groups (broad SMARTS) is 1. The maximum atomic E-state index is 10.7. The molecular formula is C12H15NO3. The molecule has 0 unspecified atom stereocenters. The molecule has 4 nitrogen and oxygen atoms in total. The predicted octanol–water partition coefficient (Wildman–Crippen LogP) is 1.35. The first-order chi connectivity index (χ1) is 7.66. The number of rotatable bonds is 2. The van der Waals surface area contributed by atoms with E-state index in [1.165, 1.54) is 0 Å². The largest absolute Gasteiger partial charge is 0.478 e. The zero-order valence-corrected chi connectivity index (χ0v) is 8.97. The molecule has 1 atom stereocenters. The van der Waals surface area contributed by atoms with Crippen molar-refractivity contribution in [2.75, 3.05) is 18.0 Å². The van der Waals surface area contributed by atoms with E-state index < -0.39 is 5.97 Å². The third-order valence-electron chi connectivity index (χ3n) is 2.88. The highest BCUT2D eigenvalue weighted by Gasteiger charge is 2.17.